The van der Waals surface area contributed by atoms with Crippen LogP contribution in [0.15, 0.2) is 36.7 Å². The Morgan fingerprint density at radius 3 is 2.81 bits per heavy atom. The monoisotopic (exact) mass is 359 g/mol. The largest absolute Gasteiger partial charge is 0.494 e. The lowest BCUT2D eigenvalue weighted by Gasteiger charge is -2.12. The molecule has 3 aromatic heterocycles. The van der Waals surface area contributed by atoms with Gasteiger partial charge in [-0.1, -0.05) is 18.2 Å². The van der Waals surface area contributed by atoms with Crippen molar-refractivity contribution in [3.8, 4) is 28.3 Å². The lowest BCUT2D eigenvalue weighted by molar-refractivity contribution is 0.415. The maximum absolute atomic E-state index is 5.63. The fraction of sp³-hybridized carbons (Fsp3) is 0.286. The Morgan fingerprint density at radius 1 is 1.19 bits per heavy atom. The van der Waals surface area contributed by atoms with Crippen LogP contribution in [0.3, 0.4) is 0 Å². The van der Waals surface area contributed by atoms with E-state index in [0.717, 1.165) is 39.3 Å². The highest BCUT2D eigenvalue weighted by Crippen LogP contribution is 2.38. The summed E-state index contributed by atoms with van der Waals surface area (Å²) < 4.78 is 7.67. The molecule has 1 saturated carbocycles. The van der Waals surface area contributed by atoms with Gasteiger partial charge in [-0.05, 0) is 37.8 Å². The first-order valence-corrected chi connectivity index (χ1v) is 9.20. The van der Waals surface area contributed by atoms with Gasteiger partial charge < -0.3 is 4.74 Å². The molecule has 0 saturated heterocycles. The second-order valence-electron chi connectivity index (χ2n) is 7.20. The maximum Gasteiger partial charge on any atom is 0.147 e. The van der Waals surface area contributed by atoms with Crippen molar-refractivity contribution in [2.75, 3.05) is 7.11 Å². The van der Waals surface area contributed by atoms with Crippen LogP contribution in [0.4, 0.5) is 0 Å². The molecular weight excluding hydrogens is 338 g/mol. The van der Waals surface area contributed by atoms with Gasteiger partial charge in [0, 0.05) is 23.4 Å². The van der Waals surface area contributed by atoms with E-state index in [4.69, 9.17) is 9.72 Å². The van der Waals surface area contributed by atoms with E-state index in [0.29, 0.717) is 6.04 Å². The third-order valence-corrected chi connectivity index (χ3v) is 5.38. The van der Waals surface area contributed by atoms with Gasteiger partial charge in [-0.25, -0.2) is 4.98 Å². The number of aromatic amines is 1. The fourth-order valence-corrected chi connectivity index (χ4v) is 3.49. The second kappa shape index (κ2) is 5.94. The van der Waals surface area contributed by atoms with E-state index in [2.05, 4.69) is 53.5 Å². The molecule has 0 unspecified atom stereocenters. The molecule has 0 radical (unpaired) electrons. The molecule has 3 heterocycles. The van der Waals surface area contributed by atoms with Gasteiger partial charge in [-0.3, -0.25) is 9.78 Å². The molecule has 6 nitrogen and oxygen atoms in total. The van der Waals surface area contributed by atoms with Gasteiger partial charge in [-0.15, -0.1) is 0 Å². The van der Waals surface area contributed by atoms with Gasteiger partial charge >= 0.3 is 0 Å². The second-order valence-corrected chi connectivity index (χ2v) is 7.20. The predicted octanol–water partition coefficient (Wildman–Crippen LogP) is 4.45. The van der Waals surface area contributed by atoms with Gasteiger partial charge in [0.1, 0.15) is 22.7 Å². The minimum Gasteiger partial charge on any atom is -0.494 e. The van der Waals surface area contributed by atoms with Crippen molar-refractivity contribution in [3.63, 3.8) is 0 Å². The highest BCUT2D eigenvalue weighted by molar-refractivity contribution is 5.92. The first kappa shape index (κ1) is 16.1. The zero-order chi connectivity index (χ0) is 18.5. The first-order chi connectivity index (χ1) is 13.2. The van der Waals surface area contributed by atoms with Gasteiger partial charge in [0.25, 0.3) is 0 Å². The molecule has 0 spiro atoms. The van der Waals surface area contributed by atoms with Crippen LogP contribution in [0.25, 0.3) is 33.5 Å². The van der Waals surface area contributed by atoms with Crippen molar-refractivity contribution in [2.24, 2.45) is 0 Å². The van der Waals surface area contributed by atoms with E-state index in [9.17, 15) is 0 Å². The van der Waals surface area contributed by atoms with E-state index in [1.165, 1.54) is 24.0 Å². The van der Waals surface area contributed by atoms with Crippen LogP contribution in [-0.4, -0.2) is 32.1 Å². The molecule has 136 valence electrons. The molecule has 6 heteroatoms. The molecule has 0 aliphatic heterocycles. The number of aryl methyl sites for hydroxylation is 1. The Hall–Kier alpha value is -3.15. The molecular formula is C21H21N5O. The summed E-state index contributed by atoms with van der Waals surface area (Å²) in [6.07, 6.45) is 6.34. The average molecular weight is 359 g/mol. The van der Waals surface area contributed by atoms with Crippen LogP contribution < -0.4 is 4.74 Å². The summed E-state index contributed by atoms with van der Waals surface area (Å²) in [7, 11) is 1.68. The fourth-order valence-electron chi connectivity index (χ4n) is 3.49. The standard InChI is InChI=1S/C21H21N5O/c1-12-5-4-6-16(13(12)2)20-18(27-3)9-17-21(23-20)19(25-24-17)14-10-22-26(11-14)15-7-8-15/h4-6,9-11,15H,7-8H2,1-3H3,(H,24,25). The van der Waals surface area contributed by atoms with Gasteiger partial charge in [-0.2, -0.15) is 10.2 Å². The van der Waals surface area contributed by atoms with E-state index in [-0.39, 0.29) is 0 Å². The van der Waals surface area contributed by atoms with Crippen LogP contribution in [0.1, 0.15) is 30.0 Å². The van der Waals surface area contributed by atoms with Crippen LogP contribution in [0.2, 0.25) is 0 Å². The van der Waals surface area contributed by atoms with E-state index >= 15 is 0 Å². The molecule has 0 bridgehead atoms. The summed E-state index contributed by atoms with van der Waals surface area (Å²) in [5.74, 6) is 0.736. The zero-order valence-corrected chi connectivity index (χ0v) is 15.7. The van der Waals surface area contributed by atoms with Gasteiger partial charge in [0.05, 0.1) is 24.9 Å². The predicted molar refractivity (Wildman–Crippen MR) is 105 cm³/mol. The Morgan fingerprint density at radius 2 is 2.04 bits per heavy atom. The molecule has 1 aliphatic rings. The van der Waals surface area contributed by atoms with Crippen LogP contribution in [0, 0.1) is 13.8 Å². The van der Waals surface area contributed by atoms with E-state index in [1.54, 1.807) is 7.11 Å². The molecule has 1 aromatic carbocycles. The quantitative estimate of drug-likeness (QED) is 0.584. The Balaban J connectivity index is 1.70. The topological polar surface area (TPSA) is 68.6 Å². The van der Waals surface area contributed by atoms with Gasteiger partial charge in [0.15, 0.2) is 0 Å². The number of ether oxygens (including phenoxy) is 1. The number of nitrogens with zero attached hydrogens (tertiary/aromatic N) is 4. The lowest BCUT2D eigenvalue weighted by atomic mass is 9.99. The summed E-state index contributed by atoms with van der Waals surface area (Å²) in [5, 5.41) is 12.1. The number of hydrogen-bond acceptors (Lipinski definition) is 4. The van der Waals surface area contributed by atoms with Crippen LogP contribution in [0.5, 0.6) is 5.75 Å². The molecule has 0 amide bonds. The lowest BCUT2D eigenvalue weighted by Crippen LogP contribution is -1.95. The average Bonchev–Trinajstić information content (AvgIpc) is 3.27. The third kappa shape index (κ3) is 2.60. The van der Waals surface area contributed by atoms with Gasteiger partial charge in [0.2, 0.25) is 0 Å². The number of fused-ring (bicyclic) bond motifs is 1. The number of methoxy groups -OCH3 is 1. The molecule has 27 heavy (non-hydrogen) atoms. The Kier molecular flexibility index (Phi) is 3.53. The third-order valence-electron chi connectivity index (χ3n) is 5.38. The number of H-pyrrole nitrogens is 1. The summed E-state index contributed by atoms with van der Waals surface area (Å²) >= 11 is 0. The summed E-state index contributed by atoms with van der Waals surface area (Å²) in [4.78, 5) is 4.97. The Labute approximate surface area is 157 Å². The SMILES string of the molecule is COc1cc2[nH]nc(-c3cnn(C4CC4)c3)c2nc1-c1cccc(C)c1C. The molecule has 1 N–H and O–H groups in total. The number of aromatic nitrogens is 5. The van der Waals surface area contributed by atoms with Crippen molar-refractivity contribution in [3.05, 3.63) is 47.8 Å². The summed E-state index contributed by atoms with van der Waals surface area (Å²) in [6, 6.07) is 8.77. The van der Waals surface area contributed by atoms with Crippen molar-refractivity contribution >= 4 is 11.0 Å². The zero-order valence-electron chi connectivity index (χ0n) is 15.7. The van der Waals surface area contributed by atoms with Crippen molar-refractivity contribution < 1.29 is 4.74 Å². The van der Waals surface area contributed by atoms with Crippen molar-refractivity contribution in [1.82, 2.24) is 25.0 Å². The highest BCUT2D eigenvalue weighted by Gasteiger charge is 2.25. The first-order valence-electron chi connectivity index (χ1n) is 9.20. The Bertz CT molecular complexity index is 1150. The minimum absolute atomic E-state index is 0.544. The number of nitrogens with one attached hydrogen (secondary N) is 1. The molecule has 5 rings (SSSR count). The number of hydrogen-bond donors (Lipinski definition) is 1. The maximum atomic E-state index is 5.63. The van der Waals surface area contributed by atoms with Crippen molar-refractivity contribution in [1.29, 1.82) is 0 Å². The van der Waals surface area contributed by atoms with E-state index in [1.807, 2.05) is 16.9 Å². The highest BCUT2D eigenvalue weighted by atomic mass is 16.5. The number of benzene rings is 1. The molecule has 4 aromatic rings. The number of rotatable bonds is 4. The van der Waals surface area contributed by atoms with E-state index < -0.39 is 0 Å². The molecule has 1 fully saturated rings. The van der Waals surface area contributed by atoms with Crippen LogP contribution in [-0.2, 0) is 0 Å². The molecule has 0 atom stereocenters. The summed E-state index contributed by atoms with van der Waals surface area (Å²) in [6.45, 7) is 4.23. The normalized spacial score (nSPS) is 14.0. The molecule has 1 aliphatic carbocycles. The number of pyridine rings is 1. The summed E-state index contributed by atoms with van der Waals surface area (Å²) in [5.41, 5.74) is 7.85. The smallest absolute Gasteiger partial charge is 0.147 e. The minimum atomic E-state index is 0.544. The van der Waals surface area contributed by atoms with Crippen molar-refractivity contribution in [2.45, 2.75) is 32.7 Å². The van der Waals surface area contributed by atoms with Crippen LogP contribution >= 0.6 is 0 Å².